The molecule has 1 aliphatic heterocycles. The molecule has 1 rings (SSSR count). The predicted octanol–water partition coefficient (Wildman–Crippen LogP) is -1.84. The molecule has 0 bridgehead atoms. The van der Waals surface area contributed by atoms with Gasteiger partial charge in [0.1, 0.15) is 6.04 Å². The zero-order chi connectivity index (χ0) is 9.84. The van der Waals surface area contributed by atoms with Crippen LogP contribution in [0.2, 0.25) is 0 Å². The van der Waals surface area contributed by atoms with E-state index in [-0.39, 0.29) is 12.5 Å². The van der Waals surface area contributed by atoms with Crippen LogP contribution in [-0.2, 0) is 4.79 Å². The summed E-state index contributed by atoms with van der Waals surface area (Å²) in [6.07, 6.45) is -0.509. The van der Waals surface area contributed by atoms with E-state index < -0.39 is 18.2 Å². The highest BCUT2D eigenvalue weighted by Gasteiger charge is 2.25. The topological polar surface area (TPSA) is 90.5 Å². The number of urea groups is 1. The molecule has 6 heteroatoms. The van der Waals surface area contributed by atoms with Crippen molar-refractivity contribution in [3.8, 4) is 0 Å². The summed E-state index contributed by atoms with van der Waals surface area (Å²) in [5.41, 5.74) is 0. The van der Waals surface area contributed by atoms with Gasteiger partial charge in [0.25, 0.3) is 0 Å². The van der Waals surface area contributed by atoms with E-state index in [0.717, 1.165) is 0 Å². The molecule has 1 heterocycles. The quantitative estimate of drug-likeness (QED) is 0.418. The lowest BCUT2D eigenvalue weighted by molar-refractivity contribution is -0.122. The maximum Gasteiger partial charge on any atom is 0.321 e. The van der Waals surface area contributed by atoms with E-state index in [1.54, 1.807) is 6.92 Å². The zero-order valence-corrected chi connectivity index (χ0v) is 7.33. The second-order valence-corrected chi connectivity index (χ2v) is 3.01. The molecule has 2 atom stereocenters. The third-order valence-corrected chi connectivity index (χ3v) is 1.68. The van der Waals surface area contributed by atoms with Crippen molar-refractivity contribution < 1.29 is 14.7 Å². The molecule has 1 aliphatic rings. The Morgan fingerprint density at radius 3 is 2.92 bits per heavy atom. The first-order chi connectivity index (χ1) is 6.09. The largest absolute Gasteiger partial charge is 0.392 e. The summed E-state index contributed by atoms with van der Waals surface area (Å²) >= 11 is 0. The van der Waals surface area contributed by atoms with E-state index in [0.29, 0.717) is 6.54 Å². The van der Waals surface area contributed by atoms with Gasteiger partial charge < -0.3 is 15.7 Å². The van der Waals surface area contributed by atoms with Crippen molar-refractivity contribution in [1.29, 1.82) is 0 Å². The van der Waals surface area contributed by atoms with Crippen LogP contribution in [0.15, 0.2) is 0 Å². The number of carbonyl (C=O) groups excluding carboxylic acids is 2. The van der Waals surface area contributed by atoms with Crippen molar-refractivity contribution >= 4 is 11.9 Å². The second-order valence-electron chi connectivity index (χ2n) is 3.01. The van der Waals surface area contributed by atoms with Gasteiger partial charge in [0.2, 0.25) is 5.91 Å². The monoisotopic (exact) mass is 187 g/mol. The molecular formula is C7H13N3O3. The lowest BCUT2D eigenvalue weighted by Crippen LogP contribution is -2.60. The molecule has 0 spiro atoms. The number of aliphatic hydroxyl groups is 1. The molecule has 0 aromatic carbocycles. The molecule has 0 saturated carbocycles. The molecule has 6 nitrogen and oxygen atoms in total. The van der Waals surface area contributed by atoms with Gasteiger partial charge in [-0.05, 0) is 6.92 Å². The molecule has 2 unspecified atom stereocenters. The Morgan fingerprint density at radius 2 is 2.38 bits per heavy atom. The first kappa shape index (κ1) is 9.94. The third kappa shape index (κ3) is 3.00. The van der Waals surface area contributed by atoms with E-state index >= 15 is 0 Å². The Hall–Kier alpha value is -1.14. The lowest BCUT2D eigenvalue weighted by atomic mass is 10.2. The van der Waals surface area contributed by atoms with Gasteiger partial charge in [0, 0.05) is 13.1 Å². The highest BCUT2D eigenvalue weighted by atomic mass is 16.3. The van der Waals surface area contributed by atoms with E-state index in [9.17, 15) is 9.59 Å². The van der Waals surface area contributed by atoms with E-state index in [1.807, 2.05) is 0 Å². The van der Waals surface area contributed by atoms with Gasteiger partial charge >= 0.3 is 6.03 Å². The third-order valence-electron chi connectivity index (χ3n) is 1.68. The van der Waals surface area contributed by atoms with Crippen LogP contribution in [0.4, 0.5) is 4.79 Å². The number of aliphatic hydroxyl groups excluding tert-OH is 1. The van der Waals surface area contributed by atoms with Crippen LogP contribution in [0.1, 0.15) is 6.92 Å². The molecule has 0 aromatic heterocycles. The number of hydrogen-bond acceptors (Lipinski definition) is 4. The lowest BCUT2D eigenvalue weighted by Gasteiger charge is -2.23. The molecule has 0 aliphatic carbocycles. The minimum Gasteiger partial charge on any atom is -0.392 e. The number of rotatable bonds is 3. The first-order valence-corrected chi connectivity index (χ1v) is 4.09. The minimum absolute atomic E-state index is 0.261. The van der Waals surface area contributed by atoms with Gasteiger partial charge in [-0.15, -0.1) is 0 Å². The maximum absolute atomic E-state index is 11.1. The summed E-state index contributed by atoms with van der Waals surface area (Å²) in [6.45, 7) is 2.21. The number of hydrogen-bond donors (Lipinski definition) is 4. The summed E-state index contributed by atoms with van der Waals surface area (Å²) in [7, 11) is 0. The summed E-state index contributed by atoms with van der Waals surface area (Å²) < 4.78 is 0. The number of imide groups is 1. The summed E-state index contributed by atoms with van der Waals surface area (Å²) in [5.74, 6) is -0.357. The molecule has 13 heavy (non-hydrogen) atoms. The van der Waals surface area contributed by atoms with E-state index in [2.05, 4.69) is 16.0 Å². The zero-order valence-electron chi connectivity index (χ0n) is 7.33. The highest BCUT2D eigenvalue weighted by Crippen LogP contribution is 1.89. The molecule has 0 radical (unpaired) electrons. The summed E-state index contributed by atoms with van der Waals surface area (Å²) in [6, 6.07) is -0.924. The Kier molecular flexibility index (Phi) is 3.21. The SMILES string of the molecule is CC(O)CNC1CNC(=O)NC1=O. The van der Waals surface area contributed by atoms with Crippen molar-refractivity contribution in [2.45, 2.75) is 19.1 Å². The van der Waals surface area contributed by atoms with E-state index in [4.69, 9.17) is 5.11 Å². The standard InChI is InChI=1S/C7H13N3O3/c1-4(11)2-8-5-3-9-7(13)10-6(5)12/h4-5,8,11H,2-3H2,1H3,(H2,9,10,12,13). The van der Waals surface area contributed by atoms with Crippen molar-refractivity contribution in [1.82, 2.24) is 16.0 Å². The van der Waals surface area contributed by atoms with Gasteiger partial charge in [-0.3, -0.25) is 10.1 Å². The fourth-order valence-electron chi connectivity index (χ4n) is 1.01. The Balaban J connectivity index is 2.34. The fourth-order valence-corrected chi connectivity index (χ4v) is 1.01. The number of amides is 3. The molecule has 3 amide bonds. The molecule has 1 saturated heterocycles. The van der Waals surface area contributed by atoms with E-state index in [1.165, 1.54) is 0 Å². The van der Waals surface area contributed by atoms with Crippen LogP contribution in [0, 0.1) is 0 Å². The van der Waals surface area contributed by atoms with Gasteiger partial charge in [-0.2, -0.15) is 0 Å². The first-order valence-electron chi connectivity index (χ1n) is 4.09. The molecule has 0 aromatic rings. The predicted molar refractivity (Wildman–Crippen MR) is 45.0 cm³/mol. The molecule has 1 fully saturated rings. The van der Waals surface area contributed by atoms with Crippen LogP contribution in [0.25, 0.3) is 0 Å². The Morgan fingerprint density at radius 1 is 1.69 bits per heavy atom. The average Bonchev–Trinajstić information content (AvgIpc) is 2.02. The second kappa shape index (κ2) is 4.20. The van der Waals surface area contributed by atoms with Crippen molar-refractivity contribution in [2.75, 3.05) is 13.1 Å². The average molecular weight is 187 g/mol. The van der Waals surface area contributed by atoms with Gasteiger partial charge in [-0.25, -0.2) is 4.79 Å². The molecule has 74 valence electrons. The minimum atomic E-state index is -0.509. The maximum atomic E-state index is 11.1. The molecular weight excluding hydrogens is 174 g/mol. The normalized spacial score (nSPS) is 24.9. The summed E-state index contributed by atoms with van der Waals surface area (Å²) in [4.78, 5) is 21.7. The number of nitrogens with one attached hydrogen (secondary N) is 3. The van der Waals surface area contributed by atoms with Gasteiger partial charge in [0.15, 0.2) is 0 Å². The van der Waals surface area contributed by atoms with Crippen LogP contribution < -0.4 is 16.0 Å². The Bertz CT molecular complexity index is 217. The van der Waals surface area contributed by atoms with Gasteiger partial charge in [0.05, 0.1) is 6.10 Å². The van der Waals surface area contributed by atoms with Crippen LogP contribution in [0.5, 0.6) is 0 Å². The van der Waals surface area contributed by atoms with Crippen LogP contribution in [-0.4, -0.2) is 42.3 Å². The smallest absolute Gasteiger partial charge is 0.321 e. The van der Waals surface area contributed by atoms with Crippen LogP contribution in [0.3, 0.4) is 0 Å². The Labute approximate surface area is 75.7 Å². The summed E-state index contributed by atoms with van der Waals surface area (Å²) in [5, 5.41) is 16.3. The number of carbonyl (C=O) groups is 2. The van der Waals surface area contributed by atoms with Crippen molar-refractivity contribution in [3.05, 3.63) is 0 Å². The highest BCUT2D eigenvalue weighted by molar-refractivity contribution is 5.99. The molecule has 4 N–H and O–H groups in total. The van der Waals surface area contributed by atoms with Crippen molar-refractivity contribution in [2.24, 2.45) is 0 Å². The van der Waals surface area contributed by atoms with Gasteiger partial charge in [-0.1, -0.05) is 0 Å². The fraction of sp³-hybridized carbons (Fsp3) is 0.714. The van der Waals surface area contributed by atoms with Crippen LogP contribution >= 0.6 is 0 Å². The van der Waals surface area contributed by atoms with Crippen molar-refractivity contribution in [3.63, 3.8) is 0 Å².